The highest BCUT2D eigenvalue weighted by Gasteiger charge is 2.16. The molecule has 0 N–H and O–H groups in total. The average molecular weight is 339 g/mol. The third kappa shape index (κ3) is 4.23. The lowest BCUT2D eigenvalue weighted by atomic mass is 10.2. The van der Waals surface area contributed by atoms with Gasteiger partial charge in [0.2, 0.25) is 0 Å². The van der Waals surface area contributed by atoms with Crippen molar-refractivity contribution < 1.29 is 13.9 Å². The maximum absolute atomic E-state index is 13.1. The molecule has 0 spiro atoms. The lowest BCUT2D eigenvalue weighted by Gasteiger charge is -2.21. The van der Waals surface area contributed by atoms with Crippen LogP contribution in [0.2, 0.25) is 0 Å². The van der Waals surface area contributed by atoms with E-state index in [-0.39, 0.29) is 10.4 Å². The lowest BCUT2D eigenvalue weighted by Crippen LogP contribution is -2.35. The standard InChI is InChI=1S/C12H14BrClFNO2/c1-18-7-6-16(5-4-14)12(17)9-2-3-11(15)10(13)8-9/h2-3,8H,4-7H2,1H3. The molecular weight excluding hydrogens is 324 g/mol. The van der Waals surface area contributed by atoms with Crippen molar-refractivity contribution in [1.29, 1.82) is 0 Å². The summed E-state index contributed by atoms with van der Waals surface area (Å²) in [5, 5.41) is 0. The molecule has 0 aliphatic carbocycles. The van der Waals surface area contributed by atoms with Gasteiger partial charge >= 0.3 is 0 Å². The molecule has 1 amide bonds. The van der Waals surface area contributed by atoms with Crippen molar-refractivity contribution in [2.45, 2.75) is 0 Å². The Morgan fingerprint density at radius 1 is 1.50 bits per heavy atom. The van der Waals surface area contributed by atoms with Gasteiger partial charge in [0.1, 0.15) is 5.82 Å². The van der Waals surface area contributed by atoms with Crippen LogP contribution in [0.1, 0.15) is 10.4 Å². The molecular formula is C12H14BrClFNO2. The zero-order valence-corrected chi connectivity index (χ0v) is 12.3. The van der Waals surface area contributed by atoms with E-state index in [1.165, 1.54) is 18.2 Å². The zero-order chi connectivity index (χ0) is 13.5. The minimum absolute atomic E-state index is 0.187. The molecule has 0 saturated carbocycles. The van der Waals surface area contributed by atoms with Gasteiger partial charge in [0.05, 0.1) is 11.1 Å². The summed E-state index contributed by atoms with van der Waals surface area (Å²) in [6, 6.07) is 4.18. The third-order valence-corrected chi connectivity index (χ3v) is 3.15. The van der Waals surface area contributed by atoms with Gasteiger partial charge in [-0.2, -0.15) is 0 Å². The predicted octanol–water partition coefficient (Wildman–Crippen LogP) is 2.92. The van der Waals surface area contributed by atoms with Crippen LogP contribution >= 0.6 is 27.5 Å². The first kappa shape index (κ1) is 15.4. The summed E-state index contributed by atoms with van der Waals surface area (Å²) < 4.78 is 18.3. The van der Waals surface area contributed by atoms with Crippen LogP contribution < -0.4 is 0 Å². The molecule has 6 heteroatoms. The van der Waals surface area contributed by atoms with Crippen LogP contribution in [-0.4, -0.2) is 43.5 Å². The molecule has 0 aromatic heterocycles. The SMILES string of the molecule is COCCN(CCCl)C(=O)c1ccc(F)c(Br)c1. The molecule has 0 unspecified atom stereocenters. The van der Waals surface area contributed by atoms with Crippen LogP contribution in [0.25, 0.3) is 0 Å². The van der Waals surface area contributed by atoms with Crippen molar-refractivity contribution >= 4 is 33.4 Å². The van der Waals surface area contributed by atoms with Crippen molar-refractivity contribution in [3.05, 3.63) is 34.1 Å². The first-order chi connectivity index (χ1) is 8.60. The molecule has 100 valence electrons. The molecule has 3 nitrogen and oxygen atoms in total. The van der Waals surface area contributed by atoms with Gasteiger partial charge in [0, 0.05) is 31.6 Å². The summed E-state index contributed by atoms with van der Waals surface area (Å²) in [6.07, 6.45) is 0. The van der Waals surface area contributed by atoms with Gasteiger partial charge in [-0.25, -0.2) is 4.39 Å². The number of amides is 1. The van der Waals surface area contributed by atoms with Gasteiger partial charge in [-0.15, -0.1) is 11.6 Å². The highest BCUT2D eigenvalue weighted by Crippen LogP contribution is 2.18. The van der Waals surface area contributed by atoms with Crippen LogP contribution in [0.15, 0.2) is 22.7 Å². The van der Waals surface area contributed by atoms with E-state index in [1.54, 1.807) is 12.0 Å². The Morgan fingerprint density at radius 2 is 2.22 bits per heavy atom. The van der Waals surface area contributed by atoms with E-state index in [0.29, 0.717) is 31.1 Å². The number of methoxy groups -OCH3 is 1. The lowest BCUT2D eigenvalue weighted by molar-refractivity contribution is 0.0707. The maximum atomic E-state index is 13.1. The van der Waals surface area contributed by atoms with Crippen molar-refractivity contribution in [3.63, 3.8) is 0 Å². The molecule has 0 bridgehead atoms. The number of carbonyl (C=O) groups is 1. The Balaban J connectivity index is 2.83. The van der Waals surface area contributed by atoms with E-state index in [4.69, 9.17) is 16.3 Å². The fourth-order valence-corrected chi connectivity index (χ4v) is 2.01. The highest BCUT2D eigenvalue weighted by molar-refractivity contribution is 9.10. The number of hydrogen-bond acceptors (Lipinski definition) is 2. The summed E-state index contributed by atoms with van der Waals surface area (Å²) in [4.78, 5) is 13.8. The van der Waals surface area contributed by atoms with Gasteiger partial charge in [-0.1, -0.05) is 0 Å². The monoisotopic (exact) mass is 337 g/mol. The minimum Gasteiger partial charge on any atom is -0.383 e. The number of rotatable bonds is 6. The third-order valence-electron chi connectivity index (χ3n) is 2.37. The van der Waals surface area contributed by atoms with Gasteiger partial charge in [-0.05, 0) is 34.1 Å². The molecule has 1 aromatic rings. The zero-order valence-electron chi connectivity index (χ0n) is 9.96. The van der Waals surface area contributed by atoms with Crippen LogP contribution in [0.5, 0.6) is 0 Å². The van der Waals surface area contributed by atoms with E-state index in [1.807, 2.05) is 0 Å². The summed E-state index contributed by atoms with van der Waals surface area (Å²) in [5.74, 6) is -0.238. The molecule has 0 saturated heterocycles. The van der Waals surface area contributed by atoms with Gasteiger partial charge in [0.15, 0.2) is 0 Å². The fraction of sp³-hybridized carbons (Fsp3) is 0.417. The van der Waals surface area contributed by atoms with Crippen molar-refractivity contribution in [2.24, 2.45) is 0 Å². The highest BCUT2D eigenvalue weighted by atomic mass is 79.9. The second-order valence-electron chi connectivity index (χ2n) is 3.60. The molecule has 0 aliphatic heterocycles. The van der Waals surface area contributed by atoms with Crippen LogP contribution in [0.4, 0.5) is 4.39 Å². The second kappa shape index (κ2) is 7.71. The van der Waals surface area contributed by atoms with E-state index in [2.05, 4.69) is 15.9 Å². The molecule has 0 radical (unpaired) electrons. The topological polar surface area (TPSA) is 29.5 Å². The van der Waals surface area contributed by atoms with Gasteiger partial charge < -0.3 is 9.64 Å². The smallest absolute Gasteiger partial charge is 0.254 e. The Morgan fingerprint density at radius 3 is 2.78 bits per heavy atom. The Hall–Kier alpha value is -0.650. The molecule has 0 aliphatic rings. The van der Waals surface area contributed by atoms with Crippen LogP contribution in [0.3, 0.4) is 0 Å². The average Bonchev–Trinajstić information content (AvgIpc) is 2.37. The second-order valence-corrected chi connectivity index (χ2v) is 4.84. The number of carbonyl (C=O) groups excluding carboxylic acids is 1. The molecule has 1 rings (SSSR count). The van der Waals surface area contributed by atoms with Crippen LogP contribution in [0, 0.1) is 5.82 Å². The van der Waals surface area contributed by atoms with E-state index < -0.39 is 5.82 Å². The Labute approximate surface area is 119 Å². The predicted molar refractivity (Wildman–Crippen MR) is 72.6 cm³/mol. The summed E-state index contributed by atoms with van der Waals surface area (Å²) in [7, 11) is 1.57. The number of benzene rings is 1. The maximum Gasteiger partial charge on any atom is 0.254 e. The van der Waals surface area contributed by atoms with E-state index >= 15 is 0 Å². The number of halogens is 3. The summed E-state index contributed by atoms with van der Waals surface area (Å²) in [5.41, 5.74) is 0.421. The first-order valence-electron chi connectivity index (χ1n) is 5.39. The normalized spacial score (nSPS) is 10.4. The van der Waals surface area contributed by atoms with E-state index in [0.717, 1.165) is 0 Å². The van der Waals surface area contributed by atoms with Crippen molar-refractivity contribution in [3.8, 4) is 0 Å². The van der Waals surface area contributed by atoms with Crippen molar-refractivity contribution in [1.82, 2.24) is 4.90 Å². The Kier molecular flexibility index (Phi) is 6.60. The molecule has 0 atom stereocenters. The number of ether oxygens (including phenoxy) is 1. The minimum atomic E-state index is -0.396. The molecule has 1 aromatic carbocycles. The largest absolute Gasteiger partial charge is 0.383 e. The van der Waals surface area contributed by atoms with Gasteiger partial charge in [0.25, 0.3) is 5.91 Å². The molecule has 0 fully saturated rings. The van der Waals surface area contributed by atoms with Crippen LogP contribution in [-0.2, 0) is 4.74 Å². The first-order valence-corrected chi connectivity index (χ1v) is 6.72. The molecule has 0 heterocycles. The number of hydrogen-bond donors (Lipinski definition) is 0. The summed E-state index contributed by atoms with van der Waals surface area (Å²) >= 11 is 8.72. The number of alkyl halides is 1. The quantitative estimate of drug-likeness (QED) is 0.747. The summed E-state index contributed by atoms with van der Waals surface area (Å²) in [6.45, 7) is 1.32. The van der Waals surface area contributed by atoms with Crippen molar-refractivity contribution in [2.75, 3.05) is 32.7 Å². The van der Waals surface area contributed by atoms with Gasteiger partial charge in [-0.3, -0.25) is 4.79 Å². The van der Waals surface area contributed by atoms with E-state index in [9.17, 15) is 9.18 Å². The molecule has 18 heavy (non-hydrogen) atoms. The fourth-order valence-electron chi connectivity index (χ4n) is 1.43. The number of nitrogens with zero attached hydrogens (tertiary/aromatic N) is 1. The Bertz CT molecular complexity index is 417.